The number of amides is 1. The molecule has 2 aromatic heterocycles. The average molecular weight is 305 g/mol. The Hall–Kier alpha value is -2.64. The highest BCUT2D eigenvalue weighted by molar-refractivity contribution is 5.85. The van der Waals surface area contributed by atoms with Gasteiger partial charge >= 0.3 is 5.97 Å². The molecule has 0 saturated heterocycles. The molecule has 0 spiro atoms. The Kier molecular flexibility index (Phi) is 4.92. The van der Waals surface area contributed by atoms with E-state index in [1.54, 1.807) is 6.20 Å². The van der Waals surface area contributed by atoms with Gasteiger partial charge in [0.25, 0.3) is 0 Å². The fourth-order valence-corrected chi connectivity index (χ4v) is 2.16. The van der Waals surface area contributed by atoms with Crippen LogP contribution in [-0.2, 0) is 24.4 Å². The van der Waals surface area contributed by atoms with Crippen molar-refractivity contribution in [2.24, 2.45) is 0 Å². The van der Waals surface area contributed by atoms with Gasteiger partial charge in [0.05, 0.1) is 12.7 Å². The number of carbonyl (C=O) groups is 2. The number of carbonyl (C=O) groups excluding carboxylic acids is 1. The van der Waals surface area contributed by atoms with Gasteiger partial charge in [0.15, 0.2) is 0 Å². The van der Waals surface area contributed by atoms with Crippen LogP contribution in [0.2, 0.25) is 0 Å². The zero-order valence-electron chi connectivity index (χ0n) is 12.6. The molecule has 0 fully saturated rings. The SMILES string of the molecule is CCn1ncc(CNC(=O)CCn2nccc2C(=O)O)c1C. The van der Waals surface area contributed by atoms with Crippen molar-refractivity contribution in [2.75, 3.05) is 0 Å². The van der Waals surface area contributed by atoms with Crippen LogP contribution in [0.1, 0.15) is 35.1 Å². The van der Waals surface area contributed by atoms with E-state index < -0.39 is 5.97 Å². The lowest BCUT2D eigenvalue weighted by atomic mass is 10.2. The Morgan fingerprint density at radius 1 is 1.32 bits per heavy atom. The highest BCUT2D eigenvalue weighted by Gasteiger charge is 2.12. The third-order valence-electron chi connectivity index (χ3n) is 3.47. The topological polar surface area (TPSA) is 102 Å². The van der Waals surface area contributed by atoms with Gasteiger partial charge in [0, 0.05) is 37.0 Å². The Labute approximate surface area is 127 Å². The first kappa shape index (κ1) is 15.7. The molecule has 22 heavy (non-hydrogen) atoms. The van der Waals surface area contributed by atoms with Crippen molar-refractivity contribution < 1.29 is 14.7 Å². The van der Waals surface area contributed by atoms with Crippen molar-refractivity contribution in [3.63, 3.8) is 0 Å². The maximum atomic E-state index is 11.9. The van der Waals surface area contributed by atoms with Gasteiger partial charge in [-0.2, -0.15) is 10.2 Å². The standard InChI is InChI=1S/C14H19N5O3/c1-3-18-10(2)11(9-17-18)8-15-13(20)5-7-19-12(14(21)22)4-6-16-19/h4,6,9H,3,5,7-8H2,1-2H3,(H,15,20)(H,21,22). The molecule has 1 amide bonds. The van der Waals surface area contributed by atoms with Crippen molar-refractivity contribution in [3.8, 4) is 0 Å². The van der Waals surface area contributed by atoms with Gasteiger partial charge in [-0.05, 0) is 19.9 Å². The second kappa shape index (κ2) is 6.88. The molecular weight excluding hydrogens is 286 g/mol. The molecule has 8 nitrogen and oxygen atoms in total. The lowest BCUT2D eigenvalue weighted by Crippen LogP contribution is -2.25. The lowest BCUT2D eigenvalue weighted by molar-refractivity contribution is -0.121. The van der Waals surface area contributed by atoms with Crippen molar-refractivity contribution in [3.05, 3.63) is 35.4 Å². The van der Waals surface area contributed by atoms with Crippen molar-refractivity contribution in [2.45, 2.75) is 39.9 Å². The second-order valence-electron chi connectivity index (χ2n) is 4.84. The van der Waals surface area contributed by atoms with E-state index in [1.807, 2.05) is 18.5 Å². The normalized spacial score (nSPS) is 10.6. The number of hydrogen-bond acceptors (Lipinski definition) is 4. The summed E-state index contributed by atoms with van der Waals surface area (Å²) in [7, 11) is 0. The van der Waals surface area contributed by atoms with Gasteiger partial charge in [-0.1, -0.05) is 0 Å². The minimum absolute atomic E-state index is 0.0767. The fourth-order valence-electron chi connectivity index (χ4n) is 2.16. The quantitative estimate of drug-likeness (QED) is 0.788. The van der Waals surface area contributed by atoms with Crippen LogP contribution < -0.4 is 5.32 Å². The summed E-state index contributed by atoms with van der Waals surface area (Å²) in [5, 5.41) is 19.9. The van der Waals surface area contributed by atoms with Gasteiger partial charge in [-0.3, -0.25) is 14.2 Å². The summed E-state index contributed by atoms with van der Waals surface area (Å²) in [5.41, 5.74) is 2.08. The number of hydrogen-bond donors (Lipinski definition) is 2. The van der Waals surface area contributed by atoms with E-state index in [-0.39, 0.29) is 24.6 Å². The molecule has 0 atom stereocenters. The van der Waals surface area contributed by atoms with E-state index in [4.69, 9.17) is 5.11 Å². The van der Waals surface area contributed by atoms with Gasteiger partial charge in [-0.15, -0.1) is 0 Å². The number of nitrogens with zero attached hydrogens (tertiary/aromatic N) is 4. The summed E-state index contributed by atoms with van der Waals surface area (Å²) in [4.78, 5) is 22.8. The summed E-state index contributed by atoms with van der Waals surface area (Å²) in [6.07, 6.45) is 3.32. The number of aryl methyl sites for hydroxylation is 2. The average Bonchev–Trinajstić information content (AvgIpc) is 3.09. The zero-order valence-corrected chi connectivity index (χ0v) is 12.6. The molecule has 118 valence electrons. The largest absolute Gasteiger partial charge is 0.477 e. The Morgan fingerprint density at radius 3 is 2.73 bits per heavy atom. The number of rotatable bonds is 7. The summed E-state index contributed by atoms with van der Waals surface area (Å²) in [6, 6.07) is 1.41. The molecule has 0 radical (unpaired) electrons. The smallest absolute Gasteiger partial charge is 0.354 e. The predicted octanol–water partition coefficient (Wildman–Crippen LogP) is 0.813. The van der Waals surface area contributed by atoms with Gasteiger partial charge < -0.3 is 10.4 Å². The van der Waals surface area contributed by atoms with Crippen LogP contribution in [0.25, 0.3) is 0 Å². The highest BCUT2D eigenvalue weighted by Crippen LogP contribution is 2.06. The van der Waals surface area contributed by atoms with E-state index in [9.17, 15) is 9.59 Å². The van der Waals surface area contributed by atoms with Crippen LogP contribution >= 0.6 is 0 Å². The van der Waals surface area contributed by atoms with Crippen LogP contribution in [0.4, 0.5) is 0 Å². The summed E-state index contributed by atoms with van der Waals surface area (Å²) in [5.74, 6) is -1.21. The van der Waals surface area contributed by atoms with Gasteiger partial charge in [-0.25, -0.2) is 4.79 Å². The Balaban J connectivity index is 1.84. The molecule has 2 aromatic rings. The zero-order chi connectivity index (χ0) is 16.1. The molecule has 2 rings (SSSR count). The van der Waals surface area contributed by atoms with Crippen LogP contribution in [0.3, 0.4) is 0 Å². The molecule has 0 aliphatic rings. The molecule has 0 aliphatic carbocycles. The first-order valence-corrected chi connectivity index (χ1v) is 7.06. The second-order valence-corrected chi connectivity index (χ2v) is 4.84. The third kappa shape index (κ3) is 3.51. The number of carboxylic acid groups (broad SMARTS) is 1. The van der Waals surface area contributed by atoms with E-state index in [0.717, 1.165) is 17.8 Å². The maximum Gasteiger partial charge on any atom is 0.354 e. The predicted molar refractivity (Wildman–Crippen MR) is 78.3 cm³/mol. The summed E-state index contributed by atoms with van der Waals surface area (Å²) < 4.78 is 3.17. The van der Waals surface area contributed by atoms with E-state index in [1.165, 1.54) is 16.9 Å². The molecule has 0 bridgehead atoms. The number of aromatic nitrogens is 4. The molecule has 8 heteroatoms. The highest BCUT2D eigenvalue weighted by atomic mass is 16.4. The first-order chi connectivity index (χ1) is 10.5. The minimum atomic E-state index is -1.06. The van der Waals surface area contributed by atoms with Crippen molar-refractivity contribution in [1.29, 1.82) is 0 Å². The van der Waals surface area contributed by atoms with E-state index in [0.29, 0.717) is 6.54 Å². The van der Waals surface area contributed by atoms with E-state index in [2.05, 4.69) is 15.5 Å². The molecular formula is C14H19N5O3. The Morgan fingerprint density at radius 2 is 2.09 bits per heavy atom. The minimum Gasteiger partial charge on any atom is -0.477 e. The molecule has 0 saturated carbocycles. The summed E-state index contributed by atoms with van der Waals surface area (Å²) >= 11 is 0. The fraction of sp³-hybridized carbons (Fsp3) is 0.429. The van der Waals surface area contributed by atoms with Crippen LogP contribution in [0.5, 0.6) is 0 Å². The van der Waals surface area contributed by atoms with Gasteiger partial charge in [0.1, 0.15) is 5.69 Å². The van der Waals surface area contributed by atoms with Crippen LogP contribution in [-0.4, -0.2) is 36.5 Å². The number of carboxylic acids is 1. The number of nitrogens with one attached hydrogen (secondary N) is 1. The molecule has 0 aliphatic heterocycles. The maximum absolute atomic E-state index is 11.9. The molecule has 2 N–H and O–H groups in total. The van der Waals surface area contributed by atoms with Crippen molar-refractivity contribution in [1.82, 2.24) is 24.9 Å². The number of aromatic carboxylic acids is 1. The van der Waals surface area contributed by atoms with Crippen LogP contribution in [0.15, 0.2) is 18.5 Å². The third-order valence-corrected chi connectivity index (χ3v) is 3.47. The molecule has 0 unspecified atom stereocenters. The van der Waals surface area contributed by atoms with Crippen molar-refractivity contribution >= 4 is 11.9 Å². The van der Waals surface area contributed by atoms with Crippen LogP contribution in [0, 0.1) is 6.92 Å². The first-order valence-electron chi connectivity index (χ1n) is 7.06. The summed E-state index contributed by atoms with van der Waals surface area (Å²) in [6.45, 7) is 5.40. The lowest BCUT2D eigenvalue weighted by Gasteiger charge is -2.07. The van der Waals surface area contributed by atoms with Gasteiger partial charge in [0.2, 0.25) is 5.91 Å². The molecule has 2 heterocycles. The Bertz CT molecular complexity index is 674. The van der Waals surface area contributed by atoms with E-state index >= 15 is 0 Å². The molecule has 0 aromatic carbocycles. The monoisotopic (exact) mass is 305 g/mol.